The second-order valence-electron chi connectivity index (χ2n) is 3.39. The predicted octanol–water partition coefficient (Wildman–Crippen LogP) is 2.06. The van der Waals surface area contributed by atoms with Crippen molar-refractivity contribution in [3.8, 4) is 5.75 Å². The topological polar surface area (TPSA) is 46.5 Å². The Balaban J connectivity index is 2.63. The molecule has 15 heavy (non-hydrogen) atoms. The van der Waals surface area contributed by atoms with Gasteiger partial charge in [0.1, 0.15) is 5.75 Å². The highest BCUT2D eigenvalue weighted by molar-refractivity contribution is 5.69. The van der Waals surface area contributed by atoms with Crippen LogP contribution in [0.2, 0.25) is 0 Å². The summed E-state index contributed by atoms with van der Waals surface area (Å²) in [6, 6.07) is 5.53. The van der Waals surface area contributed by atoms with Crippen molar-refractivity contribution >= 4 is 5.97 Å². The summed E-state index contributed by atoms with van der Waals surface area (Å²) in [6.45, 7) is 1.99. The van der Waals surface area contributed by atoms with Crippen LogP contribution in [-0.2, 0) is 22.4 Å². The minimum absolute atomic E-state index is 0.228. The molecule has 0 aromatic heterocycles. The molecule has 3 heteroatoms. The molecule has 0 atom stereocenters. The summed E-state index contributed by atoms with van der Waals surface area (Å²) in [5.74, 6) is 0.0777. The number of phenols is 1. The number of rotatable bonds is 4. The van der Waals surface area contributed by atoms with E-state index in [1.165, 1.54) is 7.11 Å². The maximum Gasteiger partial charge on any atom is 0.305 e. The molecule has 82 valence electrons. The Bertz CT molecular complexity index is 345. The van der Waals surface area contributed by atoms with E-state index in [9.17, 15) is 9.90 Å². The molecule has 1 aromatic rings. The smallest absolute Gasteiger partial charge is 0.305 e. The molecule has 0 saturated heterocycles. The lowest BCUT2D eigenvalue weighted by Crippen LogP contribution is -2.01. The molecule has 0 aliphatic carbocycles. The van der Waals surface area contributed by atoms with Gasteiger partial charge in [-0.1, -0.05) is 19.1 Å². The van der Waals surface area contributed by atoms with Gasteiger partial charge in [0.2, 0.25) is 0 Å². The van der Waals surface area contributed by atoms with Gasteiger partial charge in [0, 0.05) is 6.42 Å². The van der Waals surface area contributed by atoms with Crippen LogP contribution in [0.5, 0.6) is 5.75 Å². The molecule has 0 radical (unpaired) electrons. The van der Waals surface area contributed by atoms with Gasteiger partial charge in [-0.15, -0.1) is 0 Å². The van der Waals surface area contributed by atoms with Crippen LogP contribution < -0.4 is 0 Å². The van der Waals surface area contributed by atoms with Gasteiger partial charge in [0.15, 0.2) is 0 Å². The third-order valence-electron chi connectivity index (χ3n) is 2.38. The van der Waals surface area contributed by atoms with Gasteiger partial charge in [0.05, 0.1) is 7.11 Å². The zero-order valence-electron chi connectivity index (χ0n) is 9.12. The van der Waals surface area contributed by atoms with Crippen LogP contribution in [0.1, 0.15) is 24.5 Å². The Hall–Kier alpha value is -1.51. The zero-order valence-corrected chi connectivity index (χ0v) is 9.12. The summed E-state index contributed by atoms with van der Waals surface area (Å²) in [7, 11) is 1.37. The Morgan fingerprint density at radius 1 is 1.47 bits per heavy atom. The van der Waals surface area contributed by atoms with Gasteiger partial charge in [-0.05, 0) is 30.0 Å². The van der Waals surface area contributed by atoms with Gasteiger partial charge >= 0.3 is 5.97 Å². The molecule has 1 aromatic carbocycles. The first kappa shape index (κ1) is 11.6. The van der Waals surface area contributed by atoms with E-state index in [4.69, 9.17) is 0 Å². The molecule has 0 aliphatic rings. The lowest BCUT2D eigenvalue weighted by atomic mass is 10.0. The molecule has 0 amide bonds. The zero-order chi connectivity index (χ0) is 11.3. The molecular formula is C12H16O3. The second kappa shape index (κ2) is 5.39. The molecule has 1 N–H and O–H groups in total. The summed E-state index contributed by atoms with van der Waals surface area (Å²) in [4.78, 5) is 10.9. The van der Waals surface area contributed by atoms with Crippen molar-refractivity contribution in [1.29, 1.82) is 0 Å². The van der Waals surface area contributed by atoms with Crippen LogP contribution in [-0.4, -0.2) is 18.2 Å². The van der Waals surface area contributed by atoms with E-state index in [1.54, 1.807) is 6.07 Å². The number of hydrogen-bond acceptors (Lipinski definition) is 3. The van der Waals surface area contributed by atoms with Crippen molar-refractivity contribution in [3.05, 3.63) is 29.3 Å². The fourth-order valence-corrected chi connectivity index (χ4v) is 1.41. The van der Waals surface area contributed by atoms with Gasteiger partial charge < -0.3 is 9.84 Å². The maximum absolute atomic E-state index is 10.9. The van der Waals surface area contributed by atoms with Crippen LogP contribution in [0.25, 0.3) is 0 Å². The van der Waals surface area contributed by atoms with E-state index in [0.717, 1.165) is 17.5 Å². The highest BCUT2D eigenvalue weighted by atomic mass is 16.5. The Morgan fingerprint density at radius 3 is 2.73 bits per heavy atom. The summed E-state index contributed by atoms with van der Waals surface area (Å²) >= 11 is 0. The number of methoxy groups -OCH3 is 1. The van der Waals surface area contributed by atoms with Gasteiger partial charge in [-0.3, -0.25) is 4.79 Å². The Morgan fingerprint density at radius 2 is 2.20 bits per heavy atom. The minimum Gasteiger partial charge on any atom is -0.508 e. The van der Waals surface area contributed by atoms with E-state index >= 15 is 0 Å². The lowest BCUT2D eigenvalue weighted by Gasteiger charge is -2.05. The summed E-state index contributed by atoms with van der Waals surface area (Å²) < 4.78 is 4.55. The highest BCUT2D eigenvalue weighted by Crippen LogP contribution is 2.20. The van der Waals surface area contributed by atoms with Gasteiger partial charge in [0.25, 0.3) is 0 Å². The minimum atomic E-state index is -0.228. The van der Waals surface area contributed by atoms with Crippen LogP contribution in [0.15, 0.2) is 18.2 Å². The quantitative estimate of drug-likeness (QED) is 0.770. The number of ether oxygens (including phenoxy) is 1. The van der Waals surface area contributed by atoms with E-state index in [2.05, 4.69) is 4.74 Å². The fourth-order valence-electron chi connectivity index (χ4n) is 1.41. The molecule has 3 nitrogen and oxygen atoms in total. The molecular weight excluding hydrogens is 192 g/mol. The molecule has 0 bridgehead atoms. The third-order valence-corrected chi connectivity index (χ3v) is 2.38. The van der Waals surface area contributed by atoms with E-state index in [1.807, 2.05) is 19.1 Å². The lowest BCUT2D eigenvalue weighted by molar-refractivity contribution is -0.140. The number of carbonyl (C=O) groups is 1. The molecule has 1 rings (SSSR count). The van der Waals surface area contributed by atoms with Crippen LogP contribution in [0.3, 0.4) is 0 Å². The first-order valence-electron chi connectivity index (χ1n) is 5.05. The van der Waals surface area contributed by atoms with Crippen LogP contribution in [0, 0.1) is 0 Å². The van der Waals surface area contributed by atoms with Crippen molar-refractivity contribution in [2.75, 3.05) is 7.11 Å². The van der Waals surface area contributed by atoms with E-state index in [0.29, 0.717) is 18.6 Å². The summed E-state index contributed by atoms with van der Waals surface area (Å²) in [6.07, 6.45) is 1.76. The van der Waals surface area contributed by atoms with Crippen LogP contribution >= 0.6 is 0 Å². The number of phenolic OH excluding ortho intramolecular Hbond substituents is 1. The number of aromatic hydroxyl groups is 1. The Kier molecular flexibility index (Phi) is 4.16. The number of hydrogen-bond donors (Lipinski definition) is 1. The van der Waals surface area contributed by atoms with Crippen molar-refractivity contribution < 1.29 is 14.6 Å². The average Bonchev–Trinajstić information content (AvgIpc) is 2.26. The van der Waals surface area contributed by atoms with Gasteiger partial charge in [-0.25, -0.2) is 0 Å². The van der Waals surface area contributed by atoms with Crippen molar-refractivity contribution in [2.24, 2.45) is 0 Å². The van der Waals surface area contributed by atoms with Crippen LogP contribution in [0.4, 0.5) is 0 Å². The van der Waals surface area contributed by atoms with E-state index in [-0.39, 0.29) is 5.97 Å². The second-order valence-corrected chi connectivity index (χ2v) is 3.39. The third kappa shape index (κ3) is 3.27. The van der Waals surface area contributed by atoms with Gasteiger partial charge in [-0.2, -0.15) is 0 Å². The largest absolute Gasteiger partial charge is 0.508 e. The standard InChI is InChI=1S/C12H16O3/c1-3-10-6-4-9(8-11(10)13)5-7-12(14)15-2/h4,6,8,13H,3,5,7H2,1-2H3. The molecule has 0 spiro atoms. The summed E-state index contributed by atoms with van der Waals surface area (Å²) in [5, 5.41) is 9.60. The maximum atomic E-state index is 10.9. The fraction of sp³-hybridized carbons (Fsp3) is 0.417. The number of aryl methyl sites for hydroxylation is 2. The SMILES string of the molecule is CCc1ccc(CCC(=O)OC)cc1O. The molecule has 0 saturated carbocycles. The summed E-state index contributed by atoms with van der Waals surface area (Å²) in [5.41, 5.74) is 1.88. The van der Waals surface area contributed by atoms with Crippen molar-refractivity contribution in [2.45, 2.75) is 26.2 Å². The first-order valence-corrected chi connectivity index (χ1v) is 5.05. The average molecular weight is 208 g/mol. The normalized spacial score (nSPS) is 10.0. The number of benzene rings is 1. The monoisotopic (exact) mass is 208 g/mol. The molecule has 0 unspecified atom stereocenters. The van der Waals surface area contributed by atoms with E-state index < -0.39 is 0 Å². The van der Waals surface area contributed by atoms with Crippen molar-refractivity contribution in [1.82, 2.24) is 0 Å². The molecule has 0 aliphatic heterocycles. The first-order chi connectivity index (χ1) is 7.17. The number of carbonyl (C=O) groups excluding carboxylic acids is 1. The predicted molar refractivity (Wildman–Crippen MR) is 57.8 cm³/mol. The van der Waals surface area contributed by atoms with Crippen molar-refractivity contribution in [3.63, 3.8) is 0 Å². The number of esters is 1. The molecule has 0 heterocycles. The highest BCUT2D eigenvalue weighted by Gasteiger charge is 2.04. The molecule has 0 fully saturated rings. The Labute approximate surface area is 89.7 Å².